The molecule has 1 atom stereocenters. The molecule has 5 nitrogen and oxygen atoms in total. The Morgan fingerprint density at radius 1 is 1.17 bits per heavy atom. The number of amides is 2. The lowest BCUT2D eigenvalue weighted by molar-refractivity contribution is -0.136. The van der Waals surface area contributed by atoms with Crippen molar-refractivity contribution in [2.75, 3.05) is 13.1 Å². The van der Waals surface area contributed by atoms with Gasteiger partial charge in [0.05, 0.1) is 12.5 Å². The highest BCUT2D eigenvalue weighted by molar-refractivity contribution is 5.83. The Hall–Kier alpha value is -1.88. The second kappa shape index (κ2) is 7.13. The second-order valence-corrected chi connectivity index (χ2v) is 6.59. The van der Waals surface area contributed by atoms with Gasteiger partial charge in [-0.15, -0.1) is 0 Å². The average molecular weight is 316 g/mol. The fourth-order valence-corrected chi connectivity index (χ4v) is 3.15. The first-order valence-electron chi connectivity index (χ1n) is 8.42. The molecule has 2 aliphatic rings. The molecule has 2 N–H and O–H groups in total. The van der Waals surface area contributed by atoms with Gasteiger partial charge in [-0.1, -0.05) is 24.3 Å². The summed E-state index contributed by atoms with van der Waals surface area (Å²) in [6.45, 7) is 1.80. The molecular weight excluding hydrogens is 292 g/mol. The van der Waals surface area contributed by atoms with E-state index in [0.29, 0.717) is 13.1 Å². The lowest BCUT2D eigenvalue weighted by Crippen LogP contribution is -2.45. The Labute approximate surface area is 136 Å². The number of carbonyl (C=O) groups excluding carboxylic acids is 2. The van der Waals surface area contributed by atoms with Crippen molar-refractivity contribution in [2.24, 2.45) is 11.8 Å². The number of piperidine rings is 1. The standard InChI is InChI=1S/C18H24N2O3/c21-12-14-4-1-3-13(9-14)10-19-17(22)16-5-2-8-20(11-16)18(23)15-6-7-15/h1,3-4,9,15-16,21H,2,5-8,10-12H2,(H,19,22). The Morgan fingerprint density at radius 2 is 1.96 bits per heavy atom. The molecule has 0 radical (unpaired) electrons. The number of carbonyl (C=O) groups is 2. The van der Waals surface area contributed by atoms with Crippen LogP contribution in [0, 0.1) is 11.8 Å². The van der Waals surface area contributed by atoms with Gasteiger partial charge < -0.3 is 15.3 Å². The first-order chi connectivity index (χ1) is 11.2. The molecule has 1 saturated carbocycles. The van der Waals surface area contributed by atoms with Crippen molar-refractivity contribution < 1.29 is 14.7 Å². The molecule has 0 aromatic heterocycles. The van der Waals surface area contributed by atoms with Crippen LogP contribution in [-0.4, -0.2) is 34.9 Å². The van der Waals surface area contributed by atoms with Crippen LogP contribution in [-0.2, 0) is 22.7 Å². The van der Waals surface area contributed by atoms with Gasteiger partial charge >= 0.3 is 0 Å². The van der Waals surface area contributed by atoms with Gasteiger partial charge in [-0.3, -0.25) is 9.59 Å². The second-order valence-electron chi connectivity index (χ2n) is 6.59. The first kappa shape index (κ1) is 16.0. The van der Waals surface area contributed by atoms with Crippen LogP contribution in [0.25, 0.3) is 0 Å². The van der Waals surface area contributed by atoms with Crippen LogP contribution in [0.5, 0.6) is 0 Å². The van der Waals surface area contributed by atoms with E-state index in [-0.39, 0.29) is 30.3 Å². The normalized spacial score (nSPS) is 21.1. The van der Waals surface area contributed by atoms with Gasteiger partial charge in [-0.25, -0.2) is 0 Å². The van der Waals surface area contributed by atoms with E-state index in [0.717, 1.165) is 43.4 Å². The molecular formula is C18H24N2O3. The summed E-state index contributed by atoms with van der Waals surface area (Å²) in [5, 5.41) is 12.1. The molecule has 1 aromatic carbocycles. The highest BCUT2D eigenvalue weighted by atomic mass is 16.3. The SMILES string of the molecule is O=C(NCc1cccc(CO)c1)C1CCCN(C(=O)C2CC2)C1. The van der Waals surface area contributed by atoms with Gasteiger partial charge in [0.25, 0.3) is 0 Å². The number of hydrogen-bond acceptors (Lipinski definition) is 3. The highest BCUT2D eigenvalue weighted by Crippen LogP contribution is 2.32. The Morgan fingerprint density at radius 3 is 2.70 bits per heavy atom. The van der Waals surface area contributed by atoms with Gasteiger partial charge in [-0.2, -0.15) is 0 Å². The summed E-state index contributed by atoms with van der Waals surface area (Å²) in [7, 11) is 0. The zero-order valence-electron chi connectivity index (χ0n) is 13.3. The van der Waals surface area contributed by atoms with Crippen LogP contribution in [0.1, 0.15) is 36.8 Å². The molecule has 3 rings (SSSR count). The van der Waals surface area contributed by atoms with E-state index >= 15 is 0 Å². The molecule has 1 unspecified atom stereocenters. The van der Waals surface area contributed by atoms with Crippen molar-refractivity contribution >= 4 is 11.8 Å². The van der Waals surface area contributed by atoms with Crippen molar-refractivity contribution in [3.05, 3.63) is 35.4 Å². The lowest BCUT2D eigenvalue weighted by atomic mass is 9.96. The predicted molar refractivity (Wildman–Crippen MR) is 86.2 cm³/mol. The maximum absolute atomic E-state index is 12.4. The van der Waals surface area contributed by atoms with Crippen molar-refractivity contribution in [3.63, 3.8) is 0 Å². The molecule has 1 aliphatic heterocycles. The Bertz CT molecular complexity index is 583. The summed E-state index contributed by atoms with van der Waals surface area (Å²) in [4.78, 5) is 26.4. The summed E-state index contributed by atoms with van der Waals surface area (Å²) in [6.07, 6.45) is 3.76. The first-order valence-corrected chi connectivity index (χ1v) is 8.42. The van der Waals surface area contributed by atoms with E-state index in [1.165, 1.54) is 0 Å². The van der Waals surface area contributed by atoms with E-state index < -0.39 is 0 Å². The molecule has 1 saturated heterocycles. The largest absolute Gasteiger partial charge is 0.392 e. The zero-order valence-corrected chi connectivity index (χ0v) is 13.3. The van der Waals surface area contributed by atoms with E-state index in [9.17, 15) is 9.59 Å². The highest BCUT2D eigenvalue weighted by Gasteiger charge is 2.36. The third-order valence-corrected chi connectivity index (χ3v) is 4.67. The number of hydrogen-bond donors (Lipinski definition) is 2. The number of nitrogens with zero attached hydrogens (tertiary/aromatic N) is 1. The Kier molecular flexibility index (Phi) is 4.96. The van der Waals surface area contributed by atoms with Gasteiger partial charge in [-0.05, 0) is 36.8 Å². The monoisotopic (exact) mass is 316 g/mol. The third kappa shape index (κ3) is 4.10. The summed E-state index contributed by atoms with van der Waals surface area (Å²) >= 11 is 0. The minimum Gasteiger partial charge on any atom is -0.392 e. The van der Waals surface area contributed by atoms with Crippen molar-refractivity contribution in [1.82, 2.24) is 10.2 Å². The molecule has 1 aliphatic carbocycles. The summed E-state index contributed by atoms with van der Waals surface area (Å²) in [6, 6.07) is 7.56. The van der Waals surface area contributed by atoms with E-state index in [1.807, 2.05) is 29.2 Å². The molecule has 1 aromatic rings. The number of benzene rings is 1. The number of aliphatic hydroxyl groups is 1. The molecule has 0 bridgehead atoms. The number of likely N-dealkylation sites (tertiary alicyclic amines) is 1. The van der Waals surface area contributed by atoms with E-state index in [1.54, 1.807) is 0 Å². The van der Waals surface area contributed by atoms with Gasteiger partial charge in [0.2, 0.25) is 11.8 Å². The van der Waals surface area contributed by atoms with Crippen LogP contribution in [0.15, 0.2) is 24.3 Å². The maximum atomic E-state index is 12.4. The maximum Gasteiger partial charge on any atom is 0.225 e. The topological polar surface area (TPSA) is 69.6 Å². The van der Waals surface area contributed by atoms with E-state index in [2.05, 4.69) is 5.32 Å². The number of nitrogens with one attached hydrogen (secondary N) is 1. The van der Waals surface area contributed by atoms with Crippen LogP contribution in [0.3, 0.4) is 0 Å². The Balaban J connectivity index is 1.51. The molecule has 0 spiro atoms. The molecule has 2 fully saturated rings. The number of aliphatic hydroxyl groups excluding tert-OH is 1. The third-order valence-electron chi connectivity index (χ3n) is 4.67. The molecule has 2 amide bonds. The van der Waals surface area contributed by atoms with Crippen LogP contribution < -0.4 is 5.32 Å². The van der Waals surface area contributed by atoms with Crippen molar-refractivity contribution in [2.45, 2.75) is 38.8 Å². The fraction of sp³-hybridized carbons (Fsp3) is 0.556. The number of rotatable bonds is 5. The van der Waals surface area contributed by atoms with Crippen LogP contribution >= 0.6 is 0 Å². The summed E-state index contributed by atoms with van der Waals surface area (Å²) in [5.74, 6) is 0.372. The van der Waals surface area contributed by atoms with Gasteiger partial charge in [0.1, 0.15) is 0 Å². The van der Waals surface area contributed by atoms with Crippen LogP contribution in [0.2, 0.25) is 0 Å². The van der Waals surface area contributed by atoms with Crippen LogP contribution in [0.4, 0.5) is 0 Å². The van der Waals surface area contributed by atoms with E-state index in [4.69, 9.17) is 5.11 Å². The average Bonchev–Trinajstić information content (AvgIpc) is 3.44. The lowest BCUT2D eigenvalue weighted by Gasteiger charge is -2.32. The van der Waals surface area contributed by atoms with Crippen molar-refractivity contribution in [1.29, 1.82) is 0 Å². The fourth-order valence-electron chi connectivity index (χ4n) is 3.15. The van der Waals surface area contributed by atoms with Gasteiger partial charge in [0.15, 0.2) is 0 Å². The molecule has 1 heterocycles. The molecule has 124 valence electrons. The quantitative estimate of drug-likeness (QED) is 0.864. The predicted octanol–water partition coefficient (Wildman–Crippen LogP) is 1.44. The molecule has 5 heteroatoms. The smallest absolute Gasteiger partial charge is 0.225 e. The minimum absolute atomic E-state index is 0.00263. The van der Waals surface area contributed by atoms with Crippen molar-refractivity contribution in [3.8, 4) is 0 Å². The summed E-state index contributed by atoms with van der Waals surface area (Å²) in [5.41, 5.74) is 1.82. The van der Waals surface area contributed by atoms with Gasteiger partial charge in [0, 0.05) is 25.6 Å². The minimum atomic E-state index is -0.104. The summed E-state index contributed by atoms with van der Waals surface area (Å²) < 4.78 is 0. The molecule has 23 heavy (non-hydrogen) atoms. The zero-order chi connectivity index (χ0) is 16.2.